The first-order valence-electron chi connectivity index (χ1n) is 20.0. The minimum absolute atomic E-state index is 0.0670. The molecule has 6 rings (SSSR count). The fourth-order valence-corrected chi connectivity index (χ4v) is 7.87. The Morgan fingerprint density at radius 3 is 2.42 bits per heavy atom. The van der Waals surface area contributed by atoms with Gasteiger partial charge in [0.25, 0.3) is 0 Å². The Bertz CT molecular complexity index is 1850. The number of aromatic nitrogens is 2. The van der Waals surface area contributed by atoms with Crippen molar-refractivity contribution < 1.29 is 33.3 Å². The van der Waals surface area contributed by atoms with Gasteiger partial charge >= 0.3 is 12.1 Å². The van der Waals surface area contributed by atoms with Crippen molar-refractivity contribution in [3.63, 3.8) is 0 Å². The number of alkyl carbamates (subject to hydrolysis) is 1. The third-order valence-electron chi connectivity index (χ3n) is 11.0. The highest BCUT2D eigenvalue weighted by atomic mass is 16.6. The number of carbonyl (C=O) groups excluding carboxylic acids is 3. The van der Waals surface area contributed by atoms with Crippen molar-refractivity contribution in [1.29, 1.82) is 0 Å². The fourth-order valence-electron chi connectivity index (χ4n) is 7.87. The molecule has 2 saturated carbocycles. The molecule has 300 valence electrons. The van der Waals surface area contributed by atoms with Gasteiger partial charge in [0, 0.05) is 80.6 Å². The lowest BCUT2D eigenvalue weighted by atomic mass is 9.84. The van der Waals surface area contributed by atoms with E-state index in [1.807, 2.05) is 13.1 Å². The van der Waals surface area contributed by atoms with Crippen molar-refractivity contribution in [3.8, 4) is 11.3 Å². The number of ether oxygens (including phenoxy) is 4. The van der Waals surface area contributed by atoms with Crippen molar-refractivity contribution in [1.82, 2.24) is 19.8 Å². The summed E-state index contributed by atoms with van der Waals surface area (Å²) >= 11 is 0. The zero-order valence-corrected chi connectivity index (χ0v) is 34.3. The van der Waals surface area contributed by atoms with Crippen LogP contribution in [0.1, 0.15) is 103 Å². The maximum atomic E-state index is 12.3. The van der Waals surface area contributed by atoms with Crippen LogP contribution in [-0.4, -0.2) is 103 Å². The number of carbonyl (C=O) groups is 3. The van der Waals surface area contributed by atoms with Gasteiger partial charge in [-0.1, -0.05) is 19.9 Å². The van der Waals surface area contributed by atoms with Gasteiger partial charge in [0.2, 0.25) is 0 Å². The normalized spacial score (nSPS) is 20.3. The number of rotatable bonds is 16. The summed E-state index contributed by atoms with van der Waals surface area (Å²) in [7, 11) is 1.73. The van der Waals surface area contributed by atoms with Crippen LogP contribution in [0.15, 0.2) is 30.5 Å². The molecular weight excluding hydrogens is 699 g/mol. The third-order valence-corrected chi connectivity index (χ3v) is 11.0. The quantitative estimate of drug-likeness (QED) is 0.123. The molecule has 4 unspecified atom stereocenters. The number of amides is 1. The molecule has 0 bridgehead atoms. The zero-order valence-electron chi connectivity index (χ0n) is 34.3. The lowest BCUT2D eigenvalue weighted by Crippen LogP contribution is -2.47. The van der Waals surface area contributed by atoms with Crippen LogP contribution in [-0.2, 0) is 41.5 Å². The van der Waals surface area contributed by atoms with Crippen LogP contribution in [0.3, 0.4) is 0 Å². The summed E-state index contributed by atoms with van der Waals surface area (Å²) in [4.78, 5) is 46.2. The number of pyridine rings is 1. The van der Waals surface area contributed by atoms with Crippen LogP contribution >= 0.6 is 0 Å². The molecule has 12 heteroatoms. The van der Waals surface area contributed by atoms with E-state index in [2.05, 4.69) is 64.7 Å². The van der Waals surface area contributed by atoms with Gasteiger partial charge in [-0.05, 0) is 89.6 Å². The maximum Gasteiger partial charge on any atom is 0.408 e. The van der Waals surface area contributed by atoms with E-state index in [1.165, 1.54) is 25.3 Å². The summed E-state index contributed by atoms with van der Waals surface area (Å²) in [6.07, 6.45) is 5.84. The summed E-state index contributed by atoms with van der Waals surface area (Å²) in [5.74, 6) is -0.142. The van der Waals surface area contributed by atoms with Crippen molar-refractivity contribution in [2.75, 3.05) is 51.4 Å². The summed E-state index contributed by atoms with van der Waals surface area (Å²) < 4.78 is 25.4. The summed E-state index contributed by atoms with van der Waals surface area (Å²) in [5, 5.41) is 3.75. The first-order valence-corrected chi connectivity index (χ1v) is 20.0. The SMILES string of the molecule is CCn1c(-c2cc(N3CCN(C4CC4)CC3)cnc2C(C)OC)c(CC(C)(C)COC(C)=O)c2cc(C3CC3OCC(C=O)NC(=O)OC(C)(C)C)ccc21. The lowest BCUT2D eigenvalue weighted by Gasteiger charge is -2.36. The van der Waals surface area contributed by atoms with Gasteiger partial charge in [-0.15, -0.1) is 0 Å². The second-order valence-electron chi connectivity index (χ2n) is 17.3. The number of aldehydes is 1. The molecule has 3 fully saturated rings. The number of methoxy groups -OCH3 is 1. The Labute approximate surface area is 326 Å². The first-order chi connectivity index (χ1) is 26.1. The van der Waals surface area contributed by atoms with Crippen molar-refractivity contribution >= 4 is 34.9 Å². The molecule has 1 N–H and O–H groups in total. The number of anilines is 1. The van der Waals surface area contributed by atoms with Crippen LogP contribution < -0.4 is 10.2 Å². The fraction of sp³-hybridized carbons (Fsp3) is 0.628. The van der Waals surface area contributed by atoms with Gasteiger partial charge in [-0.3, -0.25) is 14.7 Å². The average Bonchev–Trinajstić information content (AvgIpc) is 4.09. The van der Waals surface area contributed by atoms with Crippen LogP contribution in [0, 0.1) is 5.41 Å². The van der Waals surface area contributed by atoms with Crippen molar-refractivity contribution in [2.24, 2.45) is 5.41 Å². The van der Waals surface area contributed by atoms with Crippen molar-refractivity contribution in [2.45, 2.75) is 123 Å². The molecule has 0 radical (unpaired) electrons. The number of hydrogen-bond donors (Lipinski definition) is 1. The van der Waals surface area contributed by atoms with Crippen LogP contribution in [0.5, 0.6) is 0 Å². The molecule has 2 aliphatic carbocycles. The molecule has 0 spiro atoms. The van der Waals surface area contributed by atoms with Crippen LogP contribution in [0.2, 0.25) is 0 Å². The minimum atomic E-state index is -0.805. The number of benzene rings is 1. The van der Waals surface area contributed by atoms with Gasteiger partial charge in [0.05, 0.1) is 48.7 Å². The second-order valence-corrected chi connectivity index (χ2v) is 17.3. The van der Waals surface area contributed by atoms with Crippen LogP contribution in [0.4, 0.5) is 10.5 Å². The monoisotopic (exact) mass is 759 g/mol. The number of fused-ring (bicyclic) bond motifs is 1. The predicted molar refractivity (Wildman–Crippen MR) is 214 cm³/mol. The number of nitrogens with zero attached hydrogens (tertiary/aromatic N) is 4. The Balaban J connectivity index is 1.35. The molecular formula is C43H61N5O7. The highest BCUT2D eigenvalue weighted by Crippen LogP contribution is 2.47. The molecule has 1 aromatic carbocycles. The Morgan fingerprint density at radius 2 is 1.80 bits per heavy atom. The van der Waals surface area contributed by atoms with Gasteiger partial charge in [0.1, 0.15) is 17.9 Å². The van der Waals surface area contributed by atoms with Crippen molar-refractivity contribution in [3.05, 3.63) is 47.3 Å². The standard InChI is InChI=1S/C43H61N5O7/c1-10-48-37-14-11-29(33-21-38(33)53-25-30(24-49)45-41(51)55-42(4,5)6)19-34(37)36(22-43(7,8)26-54-28(3)50)40(48)35-20-32(23-44-39(35)27(2)52-9)47-17-15-46(16-18-47)31-12-13-31/h11,14,19-20,23-24,27,30-31,33,38H,10,12-13,15-18,21-22,25-26H2,1-9H3,(H,45,51). The topological polar surface area (TPSA) is 124 Å². The Hall–Kier alpha value is -4.00. The van der Waals surface area contributed by atoms with Gasteiger partial charge in [-0.25, -0.2) is 4.79 Å². The molecule has 4 atom stereocenters. The first kappa shape index (κ1) is 40.7. The largest absolute Gasteiger partial charge is 0.465 e. The number of piperazine rings is 1. The maximum absolute atomic E-state index is 12.3. The lowest BCUT2D eigenvalue weighted by molar-refractivity contribution is -0.143. The van der Waals surface area contributed by atoms with E-state index in [0.717, 1.165) is 84.3 Å². The molecule has 1 aliphatic heterocycles. The molecule has 12 nitrogen and oxygen atoms in total. The van der Waals surface area contributed by atoms with Crippen LogP contribution in [0.25, 0.3) is 22.2 Å². The summed E-state index contributed by atoms with van der Waals surface area (Å²) in [6, 6.07) is 8.95. The smallest absolute Gasteiger partial charge is 0.408 e. The van der Waals surface area contributed by atoms with E-state index in [9.17, 15) is 14.4 Å². The molecule has 1 amide bonds. The van der Waals surface area contributed by atoms with E-state index in [-0.39, 0.29) is 36.1 Å². The molecule has 1 saturated heterocycles. The van der Waals surface area contributed by atoms with Gasteiger partial charge in [-0.2, -0.15) is 0 Å². The molecule has 55 heavy (non-hydrogen) atoms. The van der Waals surface area contributed by atoms with E-state index in [1.54, 1.807) is 27.9 Å². The summed E-state index contributed by atoms with van der Waals surface area (Å²) in [5.41, 5.74) is 6.60. The second kappa shape index (κ2) is 16.6. The predicted octanol–water partition coefficient (Wildman–Crippen LogP) is 6.81. The number of hydrogen-bond acceptors (Lipinski definition) is 10. The highest BCUT2D eigenvalue weighted by Gasteiger charge is 2.41. The van der Waals surface area contributed by atoms with Gasteiger partial charge in [0.15, 0.2) is 0 Å². The summed E-state index contributed by atoms with van der Waals surface area (Å²) in [6.45, 7) is 20.5. The van der Waals surface area contributed by atoms with Gasteiger partial charge < -0.3 is 38.5 Å². The zero-order chi connectivity index (χ0) is 39.7. The number of esters is 1. The van der Waals surface area contributed by atoms with E-state index in [4.69, 9.17) is 23.9 Å². The molecule has 3 heterocycles. The average molecular weight is 760 g/mol. The Kier molecular flexibility index (Phi) is 12.3. The molecule has 2 aromatic heterocycles. The minimum Gasteiger partial charge on any atom is -0.465 e. The molecule has 3 aliphatic rings. The van der Waals surface area contributed by atoms with E-state index >= 15 is 0 Å². The third kappa shape index (κ3) is 9.88. The Morgan fingerprint density at radius 1 is 1.07 bits per heavy atom. The molecule has 3 aromatic rings. The number of nitrogens with one attached hydrogen (secondary N) is 1. The van der Waals surface area contributed by atoms with E-state index < -0.39 is 17.7 Å². The van der Waals surface area contributed by atoms with E-state index in [0.29, 0.717) is 19.3 Å². The highest BCUT2D eigenvalue weighted by molar-refractivity contribution is 5.93. The number of aryl methyl sites for hydroxylation is 1.